The summed E-state index contributed by atoms with van der Waals surface area (Å²) < 4.78 is 88.1. The van der Waals surface area contributed by atoms with Gasteiger partial charge in [0, 0.05) is 17.3 Å². The van der Waals surface area contributed by atoms with Crippen molar-refractivity contribution >= 4 is 42.9 Å². The van der Waals surface area contributed by atoms with Gasteiger partial charge in [-0.1, -0.05) is 16.2 Å². The molecule has 0 aliphatic carbocycles. The first-order chi connectivity index (χ1) is 13.3. The molecule has 0 aliphatic heterocycles. The van der Waals surface area contributed by atoms with Crippen LogP contribution in [0.1, 0.15) is 18.2 Å². The summed E-state index contributed by atoms with van der Waals surface area (Å²) in [5.74, 6) is 0.411. The summed E-state index contributed by atoms with van der Waals surface area (Å²) in [6, 6.07) is 1.57. The Kier molecular flexibility index (Phi) is 7.28. The number of aromatic nitrogens is 2. The van der Waals surface area contributed by atoms with E-state index in [4.69, 9.17) is 0 Å². The summed E-state index contributed by atoms with van der Waals surface area (Å²) in [4.78, 5) is 20.9. The smallest absolute Gasteiger partial charge is 0.326 e. The Balaban J connectivity index is 2.53. The van der Waals surface area contributed by atoms with E-state index in [1.54, 1.807) is 6.92 Å². The molecule has 0 aliphatic rings. The molecule has 0 fully saturated rings. The van der Waals surface area contributed by atoms with Gasteiger partial charge in [-0.25, -0.2) is 9.20 Å². The van der Waals surface area contributed by atoms with Crippen LogP contribution in [0.3, 0.4) is 0 Å². The number of hydrogen-bond acceptors (Lipinski definition) is 5. The van der Waals surface area contributed by atoms with Gasteiger partial charge in [0.15, 0.2) is 10.8 Å². The van der Waals surface area contributed by atoms with Crippen LogP contribution >= 0.6 is 21.0 Å². The second-order valence-electron chi connectivity index (χ2n) is 5.26. The maximum absolute atomic E-state index is 12.9. The molecule has 2 unspecified atom stereocenters. The van der Waals surface area contributed by atoms with Crippen LogP contribution in [0, 0.1) is 0 Å². The molecule has 0 spiro atoms. The number of alkyl halides is 6. The lowest BCUT2D eigenvalue weighted by Crippen LogP contribution is -2.18. The second kappa shape index (κ2) is 8.97. The van der Waals surface area contributed by atoms with Crippen LogP contribution in [0.15, 0.2) is 44.1 Å². The molecular formula is C15H12F6N3O2PS2. The van der Waals surface area contributed by atoms with E-state index in [1.807, 2.05) is 4.98 Å². The zero-order valence-electron chi connectivity index (χ0n) is 14.4. The van der Waals surface area contributed by atoms with Crippen LogP contribution in [0.25, 0.3) is 0 Å². The van der Waals surface area contributed by atoms with Crippen LogP contribution < -0.4 is 5.56 Å². The number of nitrogens with one attached hydrogen (secondary N) is 1. The molecule has 0 saturated carbocycles. The van der Waals surface area contributed by atoms with Gasteiger partial charge >= 0.3 is 11.7 Å². The van der Waals surface area contributed by atoms with E-state index < -0.39 is 44.2 Å². The van der Waals surface area contributed by atoms with Crippen molar-refractivity contribution in [1.29, 1.82) is 0 Å². The number of thioether (sulfide) groups is 1. The fourth-order valence-electron chi connectivity index (χ4n) is 2.02. The molecule has 2 heterocycles. The number of nitrogens with zero attached hydrogens (tertiary/aromatic N) is 2. The third kappa shape index (κ3) is 5.89. The van der Waals surface area contributed by atoms with Crippen molar-refractivity contribution < 1.29 is 30.6 Å². The van der Waals surface area contributed by atoms with Crippen molar-refractivity contribution in [2.75, 3.05) is 5.75 Å². The number of aliphatic imine (C=N–C) groups is 1. The molecule has 2 aromatic rings. The molecule has 29 heavy (non-hydrogen) atoms. The topological polar surface area (TPSA) is 75.2 Å². The van der Waals surface area contributed by atoms with Crippen LogP contribution in [0.5, 0.6) is 0 Å². The largest absolute Gasteiger partial charge is 0.475 e. The Morgan fingerprint density at radius 1 is 1.28 bits per heavy atom. The molecule has 2 atom stereocenters. The quantitative estimate of drug-likeness (QED) is 0.300. The molecule has 0 amide bonds. The lowest BCUT2D eigenvalue weighted by atomic mass is 10.2. The van der Waals surface area contributed by atoms with Crippen molar-refractivity contribution in [2.45, 2.75) is 28.4 Å². The standard InChI is InChI=1S/C15H12F6N3O2PS2/c1-2-28-10-3-7(14(16,17)18)5-22-11(10)13(27)24-9-4-8(6-23-12(9)25)29(26)15(19,20)21/h3-6H,2,27H2,1H3,(H,23,25). The molecule has 0 radical (unpaired) electrons. The number of aromatic amines is 1. The van der Waals surface area contributed by atoms with Gasteiger partial charge in [0.1, 0.15) is 11.4 Å². The molecule has 5 nitrogen and oxygen atoms in total. The lowest BCUT2D eigenvalue weighted by molar-refractivity contribution is -0.138. The molecule has 0 aromatic carbocycles. The Labute approximate surface area is 169 Å². The van der Waals surface area contributed by atoms with Crippen molar-refractivity contribution in [2.24, 2.45) is 4.99 Å². The zero-order chi connectivity index (χ0) is 22.0. The maximum Gasteiger partial charge on any atom is 0.475 e. The first-order valence-corrected chi connectivity index (χ1v) is 10.3. The van der Waals surface area contributed by atoms with E-state index in [2.05, 4.69) is 19.2 Å². The predicted octanol–water partition coefficient (Wildman–Crippen LogP) is 4.48. The van der Waals surface area contributed by atoms with Crippen molar-refractivity contribution in [3.8, 4) is 0 Å². The van der Waals surface area contributed by atoms with Crippen molar-refractivity contribution in [3.63, 3.8) is 0 Å². The van der Waals surface area contributed by atoms with Gasteiger partial charge in [0.2, 0.25) is 0 Å². The lowest BCUT2D eigenvalue weighted by Gasteiger charge is -2.12. The van der Waals surface area contributed by atoms with Gasteiger partial charge in [0.25, 0.3) is 5.56 Å². The third-order valence-corrected chi connectivity index (χ3v) is 5.64. The van der Waals surface area contributed by atoms with Crippen LogP contribution in [0.4, 0.5) is 32.0 Å². The number of hydrogen-bond donors (Lipinski definition) is 1. The fraction of sp³-hybridized carbons (Fsp3) is 0.267. The van der Waals surface area contributed by atoms with Gasteiger partial charge in [-0.2, -0.15) is 26.3 Å². The number of pyridine rings is 2. The van der Waals surface area contributed by atoms with Crippen LogP contribution in [0.2, 0.25) is 0 Å². The highest BCUT2D eigenvalue weighted by Gasteiger charge is 2.38. The van der Waals surface area contributed by atoms with Gasteiger partial charge < -0.3 is 4.98 Å². The summed E-state index contributed by atoms with van der Waals surface area (Å²) in [5.41, 5.74) is -7.45. The maximum atomic E-state index is 12.9. The third-order valence-electron chi connectivity index (χ3n) is 3.24. The first kappa shape index (κ1) is 23.6. The van der Waals surface area contributed by atoms with E-state index in [1.165, 1.54) is 0 Å². The number of halogens is 6. The van der Waals surface area contributed by atoms with E-state index in [9.17, 15) is 35.3 Å². The van der Waals surface area contributed by atoms with Gasteiger partial charge in [-0.3, -0.25) is 9.78 Å². The Hall–Kier alpha value is -1.72. The Bertz CT molecular complexity index is 1020. The highest BCUT2D eigenvalue weighted by molar-refractivity contribution is 7.99. The summed E-state index contributed by atoms with van der Waals surface area (Å²) in [6.45, 7) is 1.70. The van der Waals surface area contributed by atoms with E-state index in [0.717, 1.165) is 17.8 Å². The number of H-pyrrole nitrogens is 1. The van der Waals surface area contributed by atoms with Crippen LogP contribution in [-0.4, -0.2) is 30.9 Å². The summed E-state index contributed by atoms with van der Waals surface area (Å²) in [6.07, 6.45) is -3.37. The van der Waals surface area contributed by atoms with Crippen LogP contribution in [-0.2, 0) is 17.0 Å². The molecule has 0 bridgehead atoms. The molecule has 14 heteroatoms. The summed E-state index contributed by atoms with van der Waals surface area (Å²) >= 11 is 1.05. The molecule has 1 N–H and O–H groups in total. The average Bonchev–Trinajstić information content (AvgIpc) is 2.61. The average molecular weight is 475 g/mol. The zero-order valence-corrected chi connectivity index (χ0v) is 17.2. The summed E-state index contributed by atoms with van der Waals surface area (Å²) in [5, 5.41) is 0. The van der Waals surface area contributed by atoms with E-state index >= 15 is 0 Å². The molecule has 158 valence electrons. The summed E-state index contributed by atoms with van der Waals surface area (Å²) in [7, 11) is -1.31. The van der Waals surface area contributed by atoms with Crippen molar-refractivity contribution in [1.82, 2.24) is 9.97 Å². The molecule has 0 saturated heterocycles. The highest BCUT2D eigenvalue weighted by atomic mass is 32.2. The SMILES string of the molecule is CCSc1cc(C(F)(F)F)cnc1C(P)=Nc1cc(S(=O)C(F)(F)F)c[nH]c1=O. The van der Waals surface area contributed by atoms with E-state index in [-0.39, 0.29) is 16.0 Å². The molecule has 2 aromatic heterocycles. The minimum absolute atomic E-state index is 0.0107. The second-order valence-corrected chi connectivity index (χ2v) is 8.59. The fourth-order valence-corrected chi connectivity index (χ4v) is 3.96. The minimum atomic E-state index is -5.04. The monoisotopic (exact) mass is 475 g/mol. The predicted molar refractivity (Wildman–Crippen MR) is 101 cm³/mol. The first-order valence-electron chi connectivity index (χ1n) is 7.60. The molecule has 2 rings (SSSR count). The van der Waals surface area contributed by atoms with E-state index in [0.29, 0.717) is 24.2 Å². The Morgan fingerprint density at radius 2 is 1.93 bits per heavy atom. The highest BCUT2D eigenvalue weighted by Crippen LogP contribution is 2.34. The van der Waals surface area contributed by atoms with Crippen molar-refractivity contribution in [3.05, 3.63) is 46.1 Å². The Morgan fingerprint density at radius 3 is 2.48 bits per heavy atom. The minimum Gasteiger partial charge on any atom is -0.326 e. The van der Waals surface area contributed by atoms with Gasteiger partial charge in [-0.05, 0) is 17.9 Å². The van der Waals surface area contributed by atoms with Gasteiger partial charge in [-0.15, -0.1) is 11.8 Å². The normalized spacial score (nSPS) is 14.1. The van der Waals surface area contributed by atoms with Gasteiger partial charge in [0.05, 0.1) is 15.9 Å². The number of rotatable bonds is 5. The molecular weight excluding hydrogens is 463 g/mol.